The number of carbonyl (C=O) groups excluding carboxylic acids is 3. The van der Waals surface area contributed by atoms with Crippen molar-refractivity contribution in [3.05, 3.63) is 41.9 Å². The topological polar surface area (TPSA) is 118 Å². The lowest BCUT2D eigenvalue weighted by molar-refractivity contribution is -0.144. The van der Waals surface area contributed by atoms with E-state index in [4.69, 9.17) is 0 Å². The van der Waals surface area contributed by atoms with Crippen LogP contribution in [0.25, 0.3) is 0 Å². The third-order valence-electron chi connectivity index (χ3n) is 6.74. The zero-order valence-electron chi connectivity index (χ0n) is 22.4. The summed E-state index contributed by atoms with van der Waals surface area (Å²) in [4.78, 5) is 42.5. The molecule has 0 spiro atoms. The highest BCUT2D eigenvalue weighted by Crippen LogP contribution is 2.38. The molecule has 0 bridgehead atoms. The van der Waals surface area contributed by atoms with Crippen molar-refractivity contribution in [2.24, 2.45) is 5.92 Å². The van der Waals surface area contributed by atoms with Gasteiger partial charge in [-0.1, -0.05) is 0 Å². The number of anilines is 1. The van der Waals surface area contributed by atoms with Crippen LogP contribution in [-0.2, 0) is 9.59 Å². The Balaban J connectivity index is 1.74. The summed E-state index contributed by atoms with van der Waals surface area (Å²) < 4.78 is 66.4. The number of pyridine rings is 1. The van der Waals surface area contributed by atoms with Crippen LogP contribution in [0.4, 0.5) is 27.8 Å². The Kier molecular flexibility index (Phi) is 9.85. The fraction of sp³-hybridized carbons (Fsp3) is 0.577. The molecule has 0 unspecified atom stereocenters. The summed E-state index contributed by atoms with van der Waals surface area (Å²) >= 11 is 0. The third kappa shape index (κ3) is 8.71. The van der Waals surface area contributed by atoms with E-state index in [1.807, 2.05) is 13.8 Å². The molecule has 14 heteroatoms. The van der Waals surface area contributed by atoms with Crippen LogP contribution in [0, 0.1) is 5.92 Å². The Bertz CT molecular complexity index is 1190. The first-order valence-electron chi connectivity index (χ1n) is 13.0. The summed E-state index contributed by atoms with van der Waals surface area (Å²) in [5, 5.41) is 11.9. The van der Waals surface area contributed by atoms with Gasteiger partial charge in [0.2, 0.25) is 17.7 Å². The summed E-state index contributed by atoms with van der Waals surface area (Å²) in [6.45, 7) is 5.22. The molecule has 0 saturated heterocycles. The van der Waals surface area contributed by atoms with Crippen molar-refractivity contribution in [3.8, 4) is 0 Å². The molecule has 3 amide bonds. The predicted molar refractivity (Wildman–Crippen MR) is 135 cm³/mol. The molecular formula is C26H33F5N6O3. The SMILES string of the molecule is CC(C)n1nccc1C(=O)N[C@@H](C(=O)Nc1cc([C@@H](C)NC(=O)CCC(F)(F)F)ccn1)C1CCC(F)(F)CC1. The fourth-order valence-electron chi connectivity index (χ4n) is 4.55. The van der Waals surface area contributed by atoms with Crippen LogP contribution in [0.3, 0.4) is 0 Å². The second-order valence-electron chi connectivity index (χ2n) is 10.3. The van der Waals surface area contributed by atoms with Crippen LogP contribution in [-0.4, -0.2) is 50.6 Å². The van der Waals surface area contributed by atoms with Gasteiger partial charge in [0.25, 0.3) is 5.91 Å². The highest BCUT2D eigenvalue weighted by atomic mass is 19.4. The number of carbonyl (C=O) groups is 3. The van der Waals surface area contributed by atoms with E-state index in [-0.39, 0.29) is 30.4 Å². The van der Waals surface area contributed by atoms with Crippen LogP contribution in [0.5, 0.6) is 0 Å². The van der Waals surface area contributed by atoms with Crippen molar-refractivity contribution < 1.29 is 36.3 Å². The smallest absolute Gasteiger partial charge is 0.350 e. The molecule has 3 N–H and O–H groups in total. The zero-order valence-corrected chi connectivity index (χ0v) is 22.4. The first-order valence-corrected chi connectivity index (χ1v) is 13.0. The normalized spacial score (nSPS) is 17.2. The second-order valence-corrected chi connectivity index (χ2v) is 10.3. The molecule has 1 fully saturated rings. The van der Waals surface area contributed by atoms with E-state index in [0.717, 1.165) is 0 Å². The minimum atomic E-state index is -4.46. The summed E-state index contributed by atoms with van der Waals surface area (Å²) in [6, 6.07) is 2.48. The first kappa shape index (κ1) is 31.0. The lowest BCUT2D eigenvalue weighted by Gasteiger charge is -2.33. The average Bonchev–Trinajstić information content (AvgIpc) is 3.37. The minimum Gasteiger partial charge on any atom is -0.350 e. The number of alkyl halides is 5. The summed E-state index contributed by atoms with van der Waals surface area (Å²) in [5.74, 6) is -5.37. The van der Waals surface area contributed by atoms with E-state index >= 15 is 0 Å². The molecule has 1 aliphatic rings. The number of rotatable bonds is 10. The van der Waals surface area contributed by atoms with Gasteiger partial charge in [-0.3, -0.25) is 19.1 Å². The number of amides is 3. The molecule has 9 nitrogen and oxygen atoms in total. The number of hydrogen-bond acceptors (Lipinski definition) is 5. The van der Waals surface area contributed by atoms with Gasteiger partial charge in [0.05, 0.1) is 12.5 Å². The van der Waals surface area contributed by atoms with Gasteiger partial charge in [-0.15, -0.1) is 0 Å². The second kappa shape index (κ2) is 12.7. The Labute approximate surface area is 228 Å². The van der Waals surface area contributed by atoms with Gasteiger partial charge in [0, 0.05) is 37.7 Å². The molecular weight excluding hydrogens is 539 g/mol. The third-order valence-corrected chi connectivity index (χ3v) is 6.74. The van der Waals surface area contributed by atoms with E-state index in [2.05, 4.69) is 26.0 Å². The van der Waals surface area contributed by atoms with Crippen molar-refractivity contribution in [2.45, 2.75) is 89.5 Å². The molecule has 1 aliphatic carbocycles. The van der Waals surface area contributed by atoms with Gasteiger partial charge in [-0.25, -0.2) is 13.8 Å². The molecule has 2 atom stereocenters. The molecule has 2 heterocycles. The molecule has 2 aromatic rings. The molecule has 220 valence electrons. The Morgan fingerprint density at radius 2 is 1.75 bits per heavy atom. The summed E-state index contributed by atoms with van der Waals surface area (Å²) in [6.07, 6.45) is -4.43. The Morgan fingerprint density at radius 3 is 2.38 bits per heavy atom. The van der Waals surface area contributed by atoms with E-state index in [0.29, 0.717) is 5.56 Å². The van der Waals surface area contributed by atoms with Crippen LogP contribution in [0.2, 0.25) is 0 Å². The molecule has 0 aromatic carbocycles. The van der Waals surface area contributed by atoms with Gasteiger partial charge in [-0.05, 0) is 63.3 Å². The maximum Gasteiger partial charge on any atom is 0.389 e. The maximum absolute atomic E-state index is 13.8. The van der Waals surface area contributed by atoms with Crippen molar-refractivity contribution in [1.29, 1.82) is 0 Å². The molecule has 3 rings (SSSR count). The highest BCUT2D eigenvalue weighted by Gasteiger charge is 2.40. The van der Waals surface area contributed by atoms with E-state index < -0.39 is 73.5 Å². The minimum absolute atomic E-state index is 0.0171. The van der Waals surface area contributed by atoms with Gasteiger partial charge < -0.3 is 16.0 Å². The Hall–Kier alpha value is -3.58. The van der Waals surface area contributed by atoms with Gasteiger partial charge in [-0.2, -0.15) is 18.3 Å². The van der Waals surface area contributed by atoms with E-state index in [9.17, 15) is 36.3 Å². The first-order chi connectivity index (χ1) is 18.6. The molecule has 0 aliphatic heterocycles. The predicted octanol–water partition coefficient (Wildman–Crippen LogP) is 4.94. The van der Waals surface area contributed by atoms with Gasteiger partial charge in [0.1, 0.15) is 17.6 Å². The standard InChI is InChI=1S/C26H33F5N6O3/c1-15(2)37-19(8-13-33-37)23(39)36-22(17-4-9-25(27,28)10-5-17)24(40)35-20-14-18(7-12-32-20)16(3)34-21(38)6-11-26(29,30)31/h7-8,12-17,22H,4-6,9-11H2,1-3H3,(H,34,38)(H,36,39)(H,32,35,40)/t16-,22-/m1/s1. The summed E-state index contributed by atoms with van der Waals surface area (Å²) in [7, 11) is 0. The largest absolute Gasteiger partial charge is 0.389 e. The van der Waals surface area contributed by atoms with Crippen molar-refractivity contribution in [3.63, 3.8) is 0 Å². The van der Waals surface area contributed by atoms with Crippen LogP contribution < -0.4 is 16.0 Å². The van der Waals surface area contributed by atoms with E-state index in [1.165, 1.54) is 35.3 Å². The number of aromatic nitrogens is 3. The van der Waals surface area contributed by atoms with Crippen molar-refractivity contribution in [2.75, 3.05) is 5.32 Å². The highest BCUT2D eigenvalue weighted by molar-refractivity contribution is 6.00. The van der Waals surface area contributed by atoms with Crippen molar-refractivity contribution >= 4 is 23.5 Å². The Morgan fingerprint density at radius 1 is 1.07 bits per heavy atom. The average molecular weight is 573 g/mol. The number of nitrogens with one attached hydrogen (secondary N) is 3. The van der Waals surface area contributed by atoms with Crippen LogP contribution in [0.1, 0.15) is 87.4 Å². The van der Waals surface area contributed by atoms with Crippen LogP contribution >= 0.6 is 0 Å². The quantitative estimate of drug-likeness (QED) is 0.349. The number of nitrogens with zero attached hydrogens (tertiary/aromatic N) is 3. The molecule has 1 saturated carbocycles. The van der Waals surface area contributed by atoms with E-state index in [1.54, 1.807) is 6.92 Å². The lowest BCUT2D eigenvalue weighted by atomic mass is 9.81. The molecule has 2 aromatic heterocycles. The summed E-state index contributed by atoms with van der Waals surface area (Å²) in [5.41, 5.74) is 0.675. The number of hydrogen-bond donors (Lipinski definition) is 3. The van der Waals surface area contributed by atoms with Crippen molar-refractivity contribution in [1.82, 2.24) is 25.4 Å². The zero-order chi connectivity index (χ0) is 29.7. The van der Waals surface area contributed by atoms with Gasteiger partial charge in [0.15, 0.2) is 0 Å². The maximum atomic E-state index is 13.8. The molecule has 0 radical (unpaired) electrons. The van der Waals surface area contributed by atoms with Crippen LogP contribution in [0.15, 0.2) is 30.6 Å². The lowest BCUT2D eigenvalue weighted by Crippen LogP contribution is -2.50. The monoisotopic (exact) mass is 572 g/mol. The molecule has 40 heavy (non-hydrogen) atoms. The number of halogens is 5. The fourth-order valence-corrected chi connectivity index (χ4v) is 4.55. The van der Waals surface area contributed by atoms with Gasteiger partial charge >= 0.3 is 6.18 Å².